The van der Waals surface area contributed by atoms with E-state index in [-0.39, 0.29) is 6.42 Å². The first-order valence-corrected chi connectivity index (χ1v) is 9.53. The topological polar surface area (TPSA) is 85.2 Å². The van der Waals surface area contributed by atoms with Gasteiger partial charge in [-0.05, 0) is 48.2 Å². The lowest BCUT2D eigenvalue weighted by atomic mass is 9.89. The first-order valence-electron chi connectivity index (χ1n) is 9.53. The fraction of sp³-hybridized carbons (Fsp3) is 0.409. The third kappa shape index (κ3) is 3.44. The Morgan fingerprint density at radius 1 is 1.18 bits per heavy atom. The van der Waals surface area contributed by atoms with Gasteiger partial charge in [0.1, 0.15) is 18.0 Å². The van der Waals surface area contributed by atoms with Crippen molar-refractivity contribution in [2.75, 3.05) is 13.2 Å². The second-order valence-corrected chi connectivity index (χ2v) is 7.20. The second kappa shape index (κ2) is 7.64. The number of carbonyl (C=O) groups is 1. The van der Waals surface area contributed by atoms with E-state index in [1.807, 2.05) is 49.4 Å². The maximum atomic E-state index is 12.0. The molecule has 6 heteroatoms. The lowest BCUT2D eigenvalue weighted by Crippen LogP contribution is -2.51. The Bertz CT molecular complexity index is 862. The van der Waals surface area contributed by atoms with Crippen molar-refractivity contribution in [3.63, 3.8) is 0 Å². The van der Waals surface area contributed by atoms with Gasteiger partial charge in [-0.3, -0.25) is 4.79 Å². The Balaban J connectivity index is 1.59. The van der Waals surface area contributed by atoms with Crippen LogP contribution in [0.1, 0.15) is 35.6 Å². The van der Waals surface area contributed by atoms with Crippen molar-refractivity contribution < 1.29 is 29.2 Å². The quantitative estimate of drug-likeness (QED) is 0.821. The van der Waals surface area contributed by atoms with E-state index in [1.165, 1.54) is 0 Å². The van der Waals surface area contributed by atoms with Crippen molar-refractivity contribution in [2.45, 2.75) is 44.4 Å². The average molecular weight is 384 g/mol. The third-order valence-corrected chi connectivity index (χ3v) is 5.29. The van der Waals surface area contributed by atoms with Gasteiger partial charge < -0.3 is 24.4 Å². The molecule has 0 bridgehead atoms. The summed E-state index contributed by atoms with van der Waals surface area (Å²) in [5, 5.41) is 19.6. The Morgan fingerprint density at radius 2 is 1.93 bits per heavy atom. The van der Waals surface area contributed by atoms with E-state index in [0.29, 0.717) is 13.2 Å². The van der Waals surface area contributed by atoms with Crippen LogP contribution in [0.4, 0.5) is 0 Å². The number of benzene rings is 2. The zero-order chi connectivity index (χ0) is 19.7. The van der Waals surface area contributed by atoms with Crippen molar-refractivity contribution in [2.24, 2.45) is 0 Å². The fourth-order valence-corrected chi connectivity index (χ4v) is 3.89. The largest absolute Gasteiger partial charge is 0.494 e. The van der Waals surface area contributed by atoms with Gasteiger partial charge in [-0.15, -0.1) is 0 Å². The molecule has 0 aromatic heterocycles. The van der Waals surface area contributed by atoms with E-state index < -0.39 is 30.4 Å². The van der Waals surface area contributed by atoms with Crippen LogP contribution in [0.25, 0.3) is 0 Å². The van der Waals surface area contributed by atoms with Crippen LogP contribution < -0.4 is 4.74 Å². The molecule has 2 N–H and O–H groups in total. The van der Waals surface area contributed by atoms with Crippen LogP contribution in [0, 0.1) is 0 Å². The molecule has 2 aromatic rings. The van der Waals surface area contributed by atoms with Crippen LogP contribution >= 0.6 is 0 Å². The summed E-state index contributed by atoms with van der Waals surface area (Å²) in [6, 6.07) is 14.0. The highest BCUT2D eigenvalue weighted by Crippen LogP contribution is 2.45. The zero-order valence-corrected chi connectivity index (χ0v) is 15.8. The normalized spacial score (nSPS) is 26.5. The van der Waals surface area contributed by atoms with E-state index in [9.17, 15) is 15.0 Å². The maximum Gasteiger partial charge on any atom is 0.199 e. The molecular formula is C22H24O6. The molecule has 2 heterocycles. The van der Waals surface area contributed by atoms with Crippen LogP contribution in [0.15, 0.2) is 42.5 Å². The molecule has 2 aliphatic rings. The van der Waals surface area contributed by atoms with E-state index in [2.05, 4.69) is 0 Å². The summed E-state index contributed by atoms with van der Waals surface area (Å²) in [7, 11) is 0. The number of aliphatic hydroxyl groups excluding tert-OH is 2. The number of ketones is 1. The molecule has 148 valence electrons. The van der Waals surface area contributed by atoms with Gasteiger partial charge >= 0.3 is 0 Å². The van der Waals surface area contributed by atoms with Crippen LogP contribution in [-0.2, 0) is 33.1 Å². The minimum absolute atomic E-state index is 0.0296. The molecule has 0 aliphatic carbocycles. The molecule has 1 fully saturated rings. The number of hydrogen-bond acceptors (Lipinski definition) is 6. The first kappa shape index (κ1) is 19.1. The molecule has 1 spiro atoms. The van der Waals surface area contributed by atoms with E-state index >= 15 is 0 Å². The summed E-state index contributed by atoms with van der Waals surface area (Å²) < 4.78 is 17.2. The number of aliphatic hydroxyl groups is 2. The standard InChI is InChI=1S/C22H24O6/c1-2-26-17-7-4-14(5-8-17)9-15-3-6-16-13-27-22(18(16)10-15)11-19(24)21(25)20(12-23)28-22/h3-8,10,19-20,23-24H,2,9,11-13H2,1H3/t19-,20-,22?/m1/s1. The summed E-state index contributed by atoms with van der Waals surface area (Å²) in [6.07, 6.45) is -1.54. The highest BCUT2D eigenvalue weighted by Gasteiger charge is 2.51. The molecule has 0 radical (unpaired) electrons. The fourth-order valence-electron chi connectivity index (χ4n) is 3.89. The van der Waals surface area contributed by atoms with Crippen molar-refractivity contribution >= 4 is 5.78 Å². The number of ether oxygens (including phenoxy) is 3. The van der Waals surface area contributed by atoms with Gasteiger partial charge in [0.25, 0.3) is 0 Å². The van der Waals surface area contributed by atoms with Gasteiger partial charge in [0.15, 0.2) is 11.6 Å². The number of hydrogen-bond donors (Lipinski definition) is 2. The molecule has 1 saturated heterocycles. The van der Waals surface area contributed by atoms with Gasteiger partial charge in [-0.25, -0.2) is 0 Å². The molecule has 4 rings (SSSR count). The van der Waals surface area contributed by atoms with Crippen LogP contribution in [0.3, 0.4) is 0 Å². The Morgan fingerprint density at radius 3 is 2.64 bits per heavy atom. The maximum absolute atomic E-state index is 12.0. The lowest BCUT2D eigenvalue weighted by molar-refractivity contribution is -0.288. The number of fused-ring (bicyclic) bond motifs is 2. The average Bonchev–Trinajstić information content (AvgIpc) is 3.04. The minimum atomic E-state index is -1.22. The van der Waals surface area contributed by atoms with E-state index in [1.54, 1.807) is 0 Å². The summed E-state index contributed by atoms with van der Waals surface area (Å²) in [5.74, 6) is -0.849. The highest BCUT2D eigenvalue weighted by atomic mass is 16.7. The lowest BCUT2D eigenvalue weighted by Gasteiger charge is -2.39. The van der Waals surface area contributed by atoms with Crippen molar-refractivity contribution in [3.05, 3.63) is 64.7 Å². The first-order chi connectivity index (χ1) is 13.5. The smallest absolute Gasteiger partial charge is 0.199 e. The van der Waals surface area contributed by atoms with Gasteiger partial charge in [0.2, 0.25) is 0 Å². The molecule has 0 saturated carbocycles. The predicted octanol–water partition coefficient (Wildman–Crippen LogP) is 2.07. The monoisotopic (exact) mass is 384 g/mol. The van der Waals surface area contributed by atoms with E-state index in [4.69, 9.17) is 14.2 Å². The van der Waals surface area contributed by atoms with Crippen molar-refractivity contribution in [1.82, 2.24) is 0 Å². The van der Waals surface area contributed by atoms with Crippen molar-refractivity contribution in [1.29, 1.82) is 0 Å². The second-order valence-electron chi connectivity index (χ2n) is 7.20. The number of carbonyl (C=O) groups excluding carboxylic acids is 1. The third-order valence-electron chi connectivity index (χ3n) is 5.29. The number of Topliss-reactive ketones (excluding diaryl/α,β-unsaturated/α-hetero) is 1. The highest BCUT2D eigenvalue weighted by molar-refractivity contribution is 5.88. The molecule has 2 aliphatic heterocycles. The Labute approximate surface area is 163 Å². The number of rotatable bonds is 5. The molecule has 0 amide bonds. The molecule has 2 aromatic carbocycles. The molecule has 6 nitrogen and oxygen atoms in total. The Kier molecular flexibility index (Phi) is 5.21. The van der Waals surface area contributed by atoms with Gasteiger partial charge in [-0.1, -0.05) is 24.3 Å². The Hall–Kier alpha value is -2.25. The summed E-state index contributed by atoms with van der Waals surface area (Å²) in [5.41, 5.74) is 4.00. The van der Waals surface area contributed by atoms with Crippen molar-refractivity contribution in [3.8, 4) is 5.75 Å². The predicted molar refractivity (Wildman–Crippen MR) is 101 cm³/mol. The van der Waals surface area contributed by atoms with Crippen LogP contribution in [-0.4, -0.2) is 41.4 Å². The summed E-state index contributed by atoms with van der Waals surface area (Å²) in [4.78, 5) is 12.0. The SMILES string of the molecule is CCOc1ccc(Cc2ccc3c(c2)C2(C[C@@H](O)C(=O)[C@@H](CO)O2)OC3)cc1. The van der Waals surface area contributed by atoms with Crippen LogP contribution in [0.5, 0.6) is 5.75 Å². The summed E-state index contributed by atoms with van der Waals surface area (Å²) in [6.45, 7) is 2.45. The summed E-state index contributed by atoms with van der Waals surface area (Å²) >= 11 is 0. The minimum Gasteiger partial charge on any atom is -0.494 e. The van der Waals surface area contributed by atoms with Crippen LogP contribution in [0.2, 0.25) is 0 Å². The van der Waals surface area contributed by atoms with E-state index in [0.717, 1.165) is 34.4 Å². The van der Waals surface area contributed by atoms with Gasteiger partial charge in [-0.2, -0.15) is 0 Å². The molecule has 28 heavy (non-hydrogen) atoms. The molecule has 3 atom stereocenters. The zero-order valence-electron chi connectivity index (χ0n) is 15.8. The molecular weight excluding hydrogens is 360 g/mol. The molecule has 1 unspecified atom stereocenters. The van der Waals surface area contributed by atoms with Gasteiger partial charge in [0.05, 0.1) is 19.8 Å². The van der Waals surface area contributed by atoms with Gasteiger partial charge in [0, 0.05) is 12.0 Å².